The van der Waals surface area contributed by atoms with Crippen LogP contribution in [0.25, 0.3) is 17.0 Å². The van der Waals surface area contributed by atoms with Crippen LogP contribution in [0.4, 0.5) is 0 Å². The minimum absolute atomic E-state index is 0.0246. The van der Waals surface area contributed by atoms with E-state index < -0.39 is 0 Å². The SMILES string of the molecule is COc1ccc2c(c1)-c1c(c(=O)n(Cc3ccccc3)c3nnnn13)C1(CCCC1)C2. The monoisotopic (exact) mass is 413 g/mol. The Hall–Kier alpha value is -3.48. The summed E-state index contributed by atoms with van der Waals surface area (Å²) in [6, 6.07) is 16.1. The molecule has 0 saturated heterocycles. The molecule has 0 bridgehead atoms. The van der Waals surface area contributed by atoms with Gasteiger partial charge in [0.1, 0.15) is 5.75 Å². The molecule has 2 aliphatic carbocycles. The molecule has 0 radical (unpaired) electrons. The number of benzene rings is 2. The normalized spacial score (nSPS) is 16.4. The highest BCUT2D eigenvalue weighted by molar-refractivity contribution is 5.74. The van der Waals surface area contributed by atoms with E-state index in [1.54, 1.807) is 16.2 Å². The smallest absolute Gasteiger partial charge is 0.259 e. The molecule has 7 heteroatoms. The van der Waals surface area contributed by atoms with Crippen LogP contribution < -0.4 is 10.3 Å². The van der Waals surface area contributed by atoms with Crippen molar-refractivity contribution in [3.63, 3.8) is 0 Å². The maximum absolute atomic E-state index is 14.1. The zero-order chi connectivity index (χ0) is 21.0. The van der Waals surface area contributed by atoms with Gasteiger partial charge in [0.2, 0.25) is 0 Å². The van der Waals surface area contributed by atoms with Crippen molar-refractivity contribution in [2.24, 2.45) is 0 Å². The fourth-order valence-electron chi connectivity index (χ4n) is 5.55. The predicted octanol–water partition coefficient (Wildman–Crippen LogP) is 3.38. The fraction of sp³-hybridized carbons (Fsp3) is 0.333. The van der Waals surface area contributed by atoms with E-state index in [9.17, 15) is 4.79 Å². The number of ether oxygens (including phenoxy) is 1. The Balaban J connectivity index is 1.69. The summed E-state index contributed by atoms with van der Waals surface area (Å²) in [5.74, 6) is 1.23. The lowest BCUT2D eigenvalue weighted by atomic mass is 9.68. The van der Waals surface area contributed by atoms with Crippen LogP contribution in [0.1, 0.15) is 42.4 Å². The minimum Gasteiger partial charge on any atom is -0.497 e. The second-order valence-electron chi connectivity index (χ2n) is 8.68. The number of hydrogen-bond acceptors (Lipinski definition) is 5. The lowest BCUT2D eigenvalue weighted by molar-refractivity contribution is 0.409. The molecular weight excluding hydrogens is 390 g/mol. The van der Waals surface area contributed by atoms with Crippen molar-refractivity contribution >= 4 is 5.78 Å². The molecule has 2 aliphatic rings. The van der Waals surface area contributed by atoms with Crippen LogP contribution in [-0.4, -0.2) is 31.7 Å². The minimum atomic E-state index is -0.160. The second kappa shape index (κ2) is 6.77. The summed E-state index contributed by atoms with van der Waals surface area (Å²) in [6.07, 6.45) is 5.17. The van der Waals surface area contributed by atoms with Gasteiger partial charge in [-0.3, -0.25) is 9.36 Å². The van der Waals surface area contributed by atoms with Gasteiger partial charge in [-0.25, -0.2) is 0 Å². The van der Waals surface area contributed by atoms with Gasteiger partial charge >= 0.3 is 0 Å². The molecule has 1 spiro atoms. The first-order valence-electron chi connectivity index (χ1n) is 10.8. The molecule has 7 nitrogen and oxygen atoms in total. The van der Waals surface area contributed by atoms with E-state index in [0.29, 0.717) is 12.3 Å². The molecule has 4 aromatic rings. The lowest BCUT2D eigenvalue weighted by Gasteiger charge is -2.36. The van der Waals surface area contributed by atoms with E-state index in [1.807, 2.05) is 42.5 Å². The van der Waals surface area contributed by atoms with Crippen LogP contribution in [0.5, 0.6) is 5.75 Å². The number of hydrogen-bond donors (Lipinski definition) is 0. The fourth-order valence-corrected chi connectivity index (χ4v) is 5.55. The standard InChI is InChI=1S/C24H23N5O2/c1-31-18-10-9-17-14-24(11-5-6-12-24)20-21(19(17)13-18)29-23(25-26-27-29)28(22(20)30)15-16-7-3-2-4-8-16/h2-4,7-10,13H,5-6,11-12,14-15H2,1H3. The molecule has 0 unspecified atom stereocenters. The largest absolute Gasteiger partial charge is 0.497 e. The Morgan fingerprint density at radius 3 is 2.68 bits per heavy atom. The van der Waals surface area contributed by atoms with Gasteiger partial charge in [0.05, 0.1) is 24.9 Å². The molecule has 0 amide bonds. The molecule has 6 rings (SSSR count). The molecule has 0 atom stereocenters. The van der Waals surface area contributed by atoms with Crippen molar-refractivity contribution in [2.75, 3.05) is 7.11 Å². The van der Waals surface area contributed by atoms with Gasteiger partial charge in [-0.2, -0.15) is 4.52 Å². The van der Waals surface area contributed by atoms with Crippen LogP contribution in [0, 0.1) is 0 Å². The molecule has 2 aromatic heterocycles. The first-order valence-corrected chi connectivity index (χ1v) is 10.8. The van der Waals surface area contributed by atoms with Crippen molar-refractivity contribution in [1.82, 2.24) is 24.6 Å². The van der Waals surface area contributed by atoms with Crippen molar-refractivity contribution in [1.29, 1.82) is 0 Å². The zero-order valence-electron chi connectivity index (χ0n) is 17.4. The zero-order valence-corrected chi connectivity index (χ0v) is 17.4. The van der Waals surface area contributed by atoms with E-state index in [1.165, 1.54) is 5.56 Å². The highest BCUT2D eigenvalue weighted by Crippen LogP contribution is 2.50. The third-order valence-electron chi connectivity index (χ3n) is 6.98. The van der Waals surface area contributed by atoms with E-state index in [-0.39, 0.29) is 11.0 Å². The van der Waals surface area contributed by atoms with Crippen LogP contribution >= 0.6 is 0 Å². The molecule has 2 aromatic carbocycles. The molecule has 1 saturated carbocycles. The number of fused-ring (bicyclic) bond motifs is 6. The predicted molar refractivity (Wildman–Crippen MR) is 116 cm³/mol. The molecule has 0 N–H and O–H groups in total. The molecule has 31 heavy (non-hydrogen) atoms. The summed E-state index contributed by atoms with van der Waals surface area (Å²) >= 11 is 0. The van der Waals surface area contributed by atoms with Crippen molar-refractivity contribution < 1.29 is 4.74 Å². The molecule has 0 aliphatic heterocycles. The van der Waals surface area contributed by atoms with E-state index in [4.69, 9.17) is 4.74 Å². The summed E-state index contributed by atoms with van der Waals surface area (Å²) in [5.41, 5.74) is 4.83. The Morgan fingerprint density at radius 1 is 1.10 bits per heavy atom. The van der Waals surface area contributed by atoms with Crippen molar-refractivity contribution in [2.45, 2.75) is 44.1 Å². The molecule has 1 fully saturated rings. The highest BCUT2D eigenvalue weighted by atomic mass is 16.5. The maximum Gasteiger partial charge on any atom is 0.259 e. The third-order valence-corrected chi connectivity index (χ3v) is 6.98. The van der Waals surface area contributed by atoms with Gasteiger partial charge in [-0.1, -0.05) is 54.3 Å². The number of rotatable bonds is 3. The maximum atomic E-state index is 14.1. The molecule has 156 valence electrons. The van der Waals surface area contributed by atoms with Gasteiger partial charge in [-0.15, -0.1) is 0 Å². The summed E-state index contributed by atoms with van der Waals surface area (Å²) in [5, 5.41) is 12.5. The van der Waals surface area contributed by atoms with Gasteiger partial charge in [0.15, 0.2) is 0 Å². The van der Waals surface area contributed by atoms with Gasteiger partial charge in [0, 0.05) is 11.0 Å². The average molecular weight is 413 g/mol. The molecular formula is C24H23N5O2. The average Bonchev–Trinajstić information content (AvgIpc) is 3.47. The van der Waals surface area contributed by atoms with Gasteiger partial charge in [0.25, 0.3) is 11.3 Å². The van der Waals surface area contributed by atoms with Crippen molar-refractivity contribution in [3.05, 3.63) is 75.6 Å². The quantitative estimate of drug-likeness (QED) is 0.515. The topological polar surface area (TPSA) is 74.3 Å². The molecule has 2 heterocycles. The second-order valence-corrected chi connectivity index (χ2v) is 8.68. The Labute approximate surface area is 179 Å². The first kappa shape index (κ1) is 18.3. The van der Waals surface area contributed by atoms with E-state index in [0.717, 1.165) is 60.2 Å². The van der Waals surface area contributed by atoms with Crippen LogP contribution in [-0.2, 0) is 18.4 Å². The van der Waals surface area contributed by atoms with Crippen LogP contribution in [0.3, 0.4) is 0 Å². The van der Waals surface area contributed by atoms with Gasteiger partial charge < -0.3 is 4.74 Å². The summed E-state index contributed by atoms with van der Waals surface area (Å²) in [7, 11) is 1.66. The lowest BCUT2D eigenvalue weighted by Crippen LogP contribution is -2.41. The summed E-state index contributed by atoms with van der Waals surface area (Å²) in [6.45, 7) is 0.442. The Bertz CT molecular complexity index is 1350. The Kier molecular flexibility index (Phi) is 4.00. The highest BCUT2D eigenvalue weighted by Gasteiger charge is 2.45. The summed E-state index contributed by atoms with van der Waals surface area (Å²) < 4.78 is 8.99. The Morgan fingerprint density at radius 2 is 1.90 bits per heavy atom. The summed E-state index contributed by atoms with van der Waals surface area (Å²) in [4.78, 5) is 14.1. The van der Waals surface area contributed by atoms with Crippen LogP contribution in [0.15, 0.2) is 53.3 Å². The van der Waals surface area contributed by atoms with Crippen LogP contribution in [0.2, 0.25) is 0 Å². The number of methoxy groups -OCH3 is 1. The number of aromatic nitrogens is 5. The van der Waals surface area contributed by atoms with E-state index >= 15 is 0 Å². The number of tetrazole rings is 1. The van der Waals surface area contributed by atoms with Crippen molar-refractivity contribution in [3.8, 4) is 17.0 Å². The van der Waals surface area contributed by atoms with Gasteiger partial charge in [-0.05, 0) is 52.9 Å². The van der Waals surface area contributed by atoms with E-state index in [2.05, 4.69) is 21.6 Å². The third kappa shape index (κ3) is 2.65. The first-order chi connectivity index (χ1) is 15.2. The number of nitrogens with zero attached hydrogens (tertiary/aromatic N) is 5.